The fourth-order valence-electron chi connectivity index (χ4n) is 3.42. The number of hydrogen-bond acceptors (Lipinski definition) is 4. The number of thioether (sulfide) groups is 1. The molecule has 1 aliphatic rings. The highest BCUT2D eigenvalue weighted by molar-refractivity contribution is 7.99. The molecule has 5 heteroatoms. The number of rotatable bonds is 5. The van der Waals surface area contributed by atoms with E-state index in [1.165, 1.54) is 5.56 Å². The summed E-state index contributed by atoms with van der Waals surface area (Å²) in [5, 5.41) is 0. The third-order valence-electron chi connectivity index (χ3n) is 4.58. The molecule has 1 atom stereocenters. The normalized spacial score (nSPS) is 16.3. The van der Waals surface area contributed by atoms with Gasteiger partial charge in [0.2, 0.25) is 5.91 Å². The van der Waals surface area contributed by atoms with Crippen LogP contribution < -0.4 is 9.47 Å². The lowest BCUT2D eigenvalue weighted by Gasteiger charge is -2.38. The molecular weight excluding hydrogens is 334 g/mol. The fourth-order valence-corrected chi connectivity index (χ4v) is 3.83. The van der Waals surface area contributed by atoms with Crippen molar-refractivity contribution >= 4 is 17.7 Å². The Hall–Kier alpha value is -2.14. The van der Waals surface area contributed by atoms with Crippen molar-refractivity contribution in [3.63, 3.8) is 0 Å². The van der Waals surface area contributed by atoms with Crippen molar-refractivity contribution in [2.45, 2.75) is 12.5 Å². The smallest absolute Gasteiger partial charge is 0.233 e. The van der Waals surface area contributed by atoms with Crippen molar-refractivity contribution in [3.05, 3.63) is 59.2 Å². The highest BCUT2D eigenvalue weighted by atomic mass is 32.2. The van der Waals surface area contributed by atoms with Gasteiger partial charge in [0.15, 0.2) is 11.5 Å². The van der Waals surface area contributed by atoms with Crippen LogP contribution in [0.1, 0.15) is 22.7 Å². The van der Waals surface area contributed by atoms with Gasteiger partial charge in [-0.3, -0.25) is 4.79 Å². The largest absolute Gasteiger partial charge is 0.493 e. The van der Waals surface area contributed by atoms with Crippen LogP contribution in [0.4, 0.5) is 0 Å². The Kier molecular flexibility index (Phi) is 5.53. The lowest BCUT2D eigenvalue weighted by atomic mass is 9.87. The molecule has 0 radical (unpaired) electrons. The lowest BCUT2D eigenvalue weighted by molar-refractivity contribution is -0.130. The van der Waals surface area contributed by atoms with E-state index in [2.05, 4.69) is 12.1 Å². The molecule has 3 rings (SSSR count). The molecule has 0 saturated carbocycles. The van der Waals surface area contributed by atoms with Crippen LogP contribution in [0.25, 0.3) is 0 Å². The number of hydrogen-bond donors (Lipinski definition) is 0. The number of ether oxygens (including phenoxy) is 2. The highest BCUT2D eigenvalue weighted by Gasteiger charge is 2.32. The molecule has 1 unspecified atom stereocenters. The van der Waals surface area contributed by atoms with E-state index in [0.29, 0.717) is 18.0 Å². The summed E-state index contributed by atoms with van der Waals surface area (Å²) in [6.07, 6.45) is 2.78. The van der Waals surface area contributed by atoms with Gasteiger partial charge in [0.25, 0.3) is 0 Å². The Morgan fingerprint density at radius 1 is 1.16 bits per heavy atom. The second kappa shape index (κ2) is 7.83. The van der Waals surface area contributed by atoms with Crippen LogP contribution in [0.5, 0.6) is 11.5 Å². The van der Waals surface area contributed by atoms with Crippen LogP contribution in [-0.2, 0) is 11.2 Å². The van der Waals surface area contributed by atoms with Crippen molar-refractivity contribution in [3.8, 4) is 11.5 Å². The molecule has 0 bridgehead atoms. The van der Waals surface area contributed by atoms with Gasteiger partial charge in [0.1, 0.15) is 0 Å². The van der Waals surface area contributed by atoms with Crippen LogP contribution in [0.2, 0.25) is 0 Å². The van der Waals surface area contributed by atoms with Gasteiger partial charge < -0.3 is 14.4 Å². The number of amides is 1. The van der Waals surface area contributed by atoms with E-state index in [1.807, 2.05) is 41.5 Å². The second-order valence-corrected chi connectivity index (χ2v) is 6.86. The van der Waals surface area contributed by atoms with E-state index < -0.39 is 0 Å². The molecule has 1 amide bonds. The molecule has 2 aromatic rings. The van der Waals surface area contributed by atoms with Crippen LogP contribution in [0, 0.1) is 0 Å². The summed E-state index contributed by atoms with van der Waals surface area (Å²) in [5.41, 5.74) is 3.44. The van der Waals surface area contributed by atoms with E-state index in [0.717, 1.165) is 23.3 Å². The first-order valence-corrected chi connectivity index (χ1v) is 9.67. The maximum absolute atomic E-state index is 12.7. The summed E-state index contributed by atoms with van der Waals surface area (Å²) in [5.74, 6) is 2.09. The van der Waals surface area contributed by atoms with Gasteiger partial charge in [-0.25, -0.2) is 0 Å². The summed E-state index contributed by atoms with van der Waals surface area (Å²) in [6.45, 7) is 0.710. The van der Waals surface area contributed by atoms with Gasteiger partial charge >= 0.3 is 0 Å². The van der Waals surface area contributed by atoms with Gasteiger partial charge in [-0.15, -0.1) is 0 Å². The summed E-state index contributed by atoms with van der Waals surface area (Å²) in [7, 11) is 3.29. The van der Waals surface area contributed by atoms with Crippen molar-refractivity contribution in [1.29, 1.82) is 0 Å². The molecule has 2 aromatic carbocycles. The molecular formula is C20H23NO3S. The molecule has 0 fully saturated rings. The zero-order valence-corrected chi connectivity index (χ0v) is 15.6. The van der Waals surface area contributed by atoms with Crippen molar-refractivity contribution in [2.75, 3.05) is 32.8 Å². The first kappa shape index (κ1) is 17.7. The standard InChI is InChI=1S/C20H23NO3S/c1-23-17-11-15-9-10-21(19(22)13-25-3)20(14-7-5-4-6-8-14)16(15)12-18(17)24-2/h4-8,11-12,20H,9-10,13H2,1-3H3. The van der Waals surface area contributed by atoms with Gasteiger partial charge in [-0.2, -0.15) is 11.8 Å². The number of benzene rings is 2. The van der Waals surface area contributed by atoms with E-state index in [4.69, 9.17) is 9.47 Å². The monoisotopic (exact) mass is 357 g/mol. The SMILES string of the molecule is COc1cc2c(cc1OC)C(c1ccccc1)N(C(=O)CSC)CC2. The lowest BCUT2D eigenvalue weighted by Crippen LogP contribution is -2.41. The molecule has 0 saturated heterocycles. The molecule has 0 spiro atoms. The number of methoxy groups -OCH3 is 2. The maximum Gasteiger partial charge on any atom is 0.233 e. The number of carbonyl (C=O) groups is 1. The fraction of sp³-hybridized carbons (Fsp3) is 0.350. The van der Waals surface area contributed by atoms with Crippen LogP contribution in [0.15, 0.2) is 42.5 Å². The first-order valence-electron chi connectivity index (χ1n) is 8.27. The van der Waals surface area contributed by atoms with Crippen molar-refractivity contribution < 1.29 is 14.3 Å². The molecule has 4 nitrogen and oxygen atoms in total. The van der Waals surface area contributed by atoms with E-state index in [9.17, 15) is 4.79 Å². The minimum atomic E-state index is -0.0931. The van der Waals surface area contributed by atoms with Gasteiger partial charge in [0, 0.05) is 6.54 Å². The predicted octanol–water partition coefficient (Wildman–Crippen LogP) is 3.54. The Labute approximate surface area is 153 Å². The van der Waals surface area contributed by atoms with Gasteiger partial charge in [-0.05, 0) is 41.5 Å². The quantitative estimate of drug-likeness (QED) is 0.820. The number of nitrogens with zero attached hydrogens (tertiary/aromatic N) is 1. The van der Waals surface area contributed by atoms with Gasteiger partial charge in [0.05, 0.1) is 26.0 Å². The predicted molar refractivity (Wildman–Crippen MR) is 102 cm³/mol. The van der Waals surface area contributed by atoms with Crippen molar-refractivity contribution in [2.24, 2.45) is 0 Å². The summed E-state index contributed by atoms with van der Waals surface area (Å²) in [4.78, 5) is 14.7. The third kappa shape index (κ3) is 3.47. The third-order valence-corrected chi connectivity index (χ3v) is 5.11. The summed E-state index contributed by atoms with van der Waals surface area (Å²) in [6, 6.07) is 14.2. The first-order chi connectivity index (χ1) is 12.2. The molecule has 0 N–H and O–H groups in total. The summed E-state index contributed by atoms with van der Waals surface area (Å²) < 4.78 is 10.9. The van der Waals surface area contributed by atoms with Crippen LogP contribution in [-0.4, -0.2) is 43.6 Å². The zero-order valence-electron chi connectivity index (χ0n) is 14.8. The number of fused-ring (bicyclic) bond motifs is 1. The maximum atomic E-state index is 12.7. The second-order valence-electron chi connectivity index (χ2n) is 5.99. The Balaban J connectivity index is 2.12. The van der Waals surface area contributed by atoms with Gasteiger partial charge in [-0.1, -0.05) is 30.3 Å². The van der Waals surface area contributed by atoms with E-state index in [-0.39, 0.29) is 11.9 Å². The highest BCUT2D eigenvalue weighted by Crippen LogP contribution is 2.41. The minimum absolute atomic E-state index is 0.0931. The van der Waals surface area contributed by atoms with E-state index >= 15 is 0 Å². The minimum Gasteiger partial charge on any atom is -0.493 e. The molecule has 25 heavy (non-hydrogen) atoms. The average molecular weight is 357 g/mol. The molecule has 0 aliphatic carbocycles. The molecule has 1 aliphatic heterocycles. The Morgan fingerprint density at radius 3 is 2.48 bits per heavy atom. The molecule has 1 heterocycles. The van der Waals surface area contributed by atoms with Crippen molar-refractivity contribution in [1.82, 2.24) is 4.90 Å². The topological polar surface area (TPSA) is 38.8 Å². The van der Waals surface area contributed by atoms with E-state index in [1.54, 1.807) is 26.0 Å². The molecule has 132 valence electrons. The summed E-state index contributed by atoms with van der Waals surface area (Å²) >= 11 is 1.56. The van der Waals surface area contributed by atoms with Crippen LogP contribution in [0.3, 0.4) is 0 Å². The Morgan fingerprint density at radius 2 is 1.84 bits per heavy atom. The van der Waals surface area contributed by atoms with Crippen LogP contribution >= 0.6 is 11.8 Å². The zero-order chi connectivity index (χ0) is 17.8. The Bertz CT molecular complexity index is 748. The average Bonchev–Trinajstić information content (AvgIpc) is 2.66. The number of carbonyl (C=O) groups excluding carboxylic acids is 1. The molecule has 0 aromatic heterocycles.